The van der Waals surface area contributed by atoms with Gasteiger partial charge in [-0.05, 0) is 59.2 Å². The van der Waals surface area contributed by atoms with Gasteiger partial charge in [0.1, 0.15) is 0 Å². The number of benzene rings is 2. The Morgan fingerprint density at radius 3 is 2.69 bits per heavy atom. The standard InChI is InChI=1S/C20H16F3N5O/c21-20(22,23)15-5-1-3-13(11-15)7-10-18(29)24-16-6-2-4-14(12-16)19-25-26-27-28(19)17-8-9-17/h1-7,10-12,17H,8-9H2,(H,24,29)/b10-7+. The van der Waals surface area contributed by atoms with Gasteiger partial charge in [0.05, 0.1) is 11.6 Å². The Morgan fingerprint density at radius 1 is 1.14 bits per heavy atom. The zero-order valence-electron chi connectivity index (χ0n) is 15.1. The predicted octanol–water partition coefficient (Wildman–Crippen LogP) is 4.35. The molecule has 148 valence electrons. The predicted molar refractivity (Wildman–Crippen MR) is 101 cm³/mol. The molecule has 4 rings (SSSR count). The van der Waals surface area contributed by atoms with Gasteiger partial charge in [-0.2, -0.15) is 13.2 Å². The summed E-state index contributed by atoms with van der Waals surface area (Å²) in [6.07, 6.45) is 0.171. The summed E-state index contributed by atoms with van der Waals surface area (Å²) >= 11 is 0. The molecule has 0 bridgehead atoms. The minimum atomic E-state index is -4.43. The van der Waals surface area contributed by atoms with Gasteiger partial charge in [0.25, 0.3) is 0 Å². The third-order valence-corrected chi connectivity index (χ3v) is 4.41. The summed E-state index contributed by atoms with van der Waals surface area (Å²) in [6, 6.07) is 12.2. The maximum Gasteiger partial charge on any atom is 0.416 e. The quantitative estimate of drug-likeness (QED) is 0.648. The van der Waals surface area contributed by atoms with E-state index in [4.69, 9.17) is 0 Å². The van der Waals surface area contributed by atoms with E-state index < -0.39 is 17.6 Å². The lowest BCUT2D eigenvalue weighted by atomic mass is 10.1. The third-order valence-electron chi connectivity index (χ3n) is 4.41. The first kappa shape index (κ1) is 18.9. The average molecular weight is 399 g/mol. The van der Waals surface area contributed by atoms with Crippen LogP contribution in [-0.4, -0.2) is 26.1 Å². The lowest BCUT2D eigenvalue weighted by Gasteiger charge is -2.07. The number of hydrogen-bond acceptors (Lipinski definition) is 4. The minimum Gasteiger partial charge on any atom is -0.322 e. The molecule has 1 heterocycles. The molecule has 1 fully saturated rings. The van der Waals surface area contributed by atoms with Gasteiger partial charge >= 0.3 is 6.18 Å². The van der Waals surface area contributed by atoms with Gasteiger partial charge in [-0.1, -0.05) is 24.3 Å². The van der Waals surface area contributed by atoms with Crippen LogP contribution in [0.1, 0.15) is 30.0 Å². The van der Waals surface area contributed by atoms with Crippen LogP contribution in [0, 0.1) is 0 Å². The Balaban J connectivity index is 1.46. The minimum absolute atomic E-state index is 0.285. The number of aromatic nitrogens is 4. The number of carbonyl (C=O) groups is 1. The molecule has 2 aromatic carbocycles. The lowest BCUT2D eigenvalue weighted by Crippen LogP contribution is -2.08. The molecule has 0 unspecified atom stereocenters. The molecule has 1 aliphatic rings. The highest BCUT2D eigenvalue weighted by atomic mass is 19.4. The van der Waals surface area contributed by atoms with Crippen LogP contribution >= 0.6 is 0 Å². The number of alkyl halides is 3. The largest absolute Gasteiger partial charge is 0.416 e. The van der Waals surface area contributed by atoms with Gasteiger partial charge < -0.3 is 5.32 Å². The van der Waals surface area contributed by atoms with Crippen LogP contribution in [0.15, 0.2) is 54.6 Å². The van der Waals surface area contributed by atoms with E-state index in [1.807, 2.05) is 6.07 Å². The van der Waals surface area contributed by atoms with Crippen molar-refractivity contribution in [1.82, 2.24) is 20.2 Å². The van der Waals surface area contributed by atoms with Crippen LogP contribution in [0.3, 0.4) is 0 Å². The summed E-state index contributed by atoms with van der Waals surface area (Å²) in [5.74, 6) is 0.171. The maximum absolute atomic E-state index is 12.8. The number of halogens is 3. The molecule has 1 saturated carbocycles. The molecule has 0 aliphatic heterocycles. The van der Waals surface area contributed by atoms with Crippen molar-refractivity contribution < 1.29 is 18.0 Å². The van der Waals surface area contributed by atoms with Crippen LogP contribution in [0.2, 0.25) is 0 Å². The van der Waals surface area contributed by atoms with Gasteiger partial charge in [0, 0.05) is 17.3 Å². The number of rotatable bonds is 5. The Hall–Kier alpha value is -3.49. The van der Waals surface area contributed by atoms with Crippen LogP contribution in [-0.2, 0) is 11.0 Å². The summed E-state index contributed by atoms with van der Waals surface area (Å²) < 4.78 is 40.1. The van der Waals surface area contributed by atoms with Gasteiger partial charge in [-0.3, -0.25) is 4.79 Å². The first-order valence-corrected chi connectivity index (χ1v) is 8.95. The number of nitrogens with one attached hydrogen (secondary N) is 1. The molecule has 0 atom stereocenters. The highest BCUT2D eigenvalue weighted by Gasteiger charge is 2.30. The second-order valence-corrected chi connectivity index (χ2v) is 6.70. The summed E-state index contributed by atoms with van der Waals surface area (Å²) in [5, 5.41) is 14.5. The van der Waals surface area contributed by atoms with Crippen molar-refractivity contribution in [3.63, 3.8) is 0 Å². The Bertz CT molecular complexity index is 1070. The van der Waals surface area contributed by atoms with E-state index in [1.165, 1.54) is 24.3 Å². The molecule has 6 nitrogen and oxygen atoms in total. The number of nitrogens with zero attached hydrogens (tertiary/aromatic N) is 4. The molecule has 0 radical (unpaired) electrons. The van der Waals surface area contributed by atoms with E-state index in [2.05, 4.69) is 20.8 Å². The smallest absolute Gasteiger partial charge is 0.322 e. The summed E-state index contributed by atoms with van der Waals surface area (Å²) in [4.78, 5) is 12.2. The third kappa shape index (κ3) is 4.50. The Labute approximate surface area is 164 Å². The van der Waals surface area contributed by atoms with Crippen molar-refractivity contribution >= 4 is 17.7 Å². The molecule has 29 heavy (non-hydrogen) atoms. The Kier molecular flexibility index (Phi) is 4.87. The summed E-state index contributed by atoms with van der Waals surface area (Å²) in [6.45, 7) is 0. The van der Waals surface area contributed by atoms with Gasteiger partial charge in [0.2, 0.25) is 5.91 Å². The summed E-state index contributed by atoms with van der Waals surface area (Å²) in [7, 11) is 0. The van der Waals surface area contributed by atoms with Crippen molar-refractivity contribution in [1.29, 1.82) is 0 Å². The highest BCUT2D eigenvalue weighted by molar-refractivity contribution is 6.02. The van der Waals surface area contributed by atoms with E-state index in [9.17, 15) is 18.0 Å². The average Bonchev–Trinajstić information content (AvgIpc) is 3.42. The van der Waals surface area contributed by atoms with Crippen molar-refractivity contribution in [2.24, 2.45) is 0 Å². The fourth-order valence-electron chi connectivity index (χ4n) is 2.86. The number of amides is 1. The topological polar surface area (TPSA) is 72.7 Å². The molecular weight excluding hydrogens is 383 g/mol. The maximum atomic E-state index is 12.8. The van der Waals surface area contributed by atoms with Gasteiger partial charge in [-0.15, -0.1) is 5.10 Å². The summed E-state index contributed by atoms with van der Waals surface area (Å²) in [5.41, 5.74) is 0.821. The second-order valence-electron chi connectivity index (χ2n) is 6.70. The van der Waals surface area contributed by atoms with E-state index in [0.29, 0.717) is 17.6 Å². The van der Waals surface area contributed by atoms with Gasteiger partial charge in [0.15, 0.2) is 5.82 Å². The lowest BCUT2D eigenvalue weighted by molar-refractivity contribution is -0.137. The fourth-order valence-corrected chi connectivity index (χ4v) is 2.86. The number of tetrazole rings is 1. The van der Waals surface area contributed by atoms with E-state index in [0.717, 1.165) is 30.5 Å². The van der Waals surface area contributed by atoms with E-state index in [-0.39, 0.29) is 5.56 Å². The van der Waals surface area contributed by atoms with Crippen molar-refractivity contribution in [3.05, 3.63) is 65.7 Å². The van der Waals surface area contributed by atoms with E-state index >= 15 is 0 Å². The molecule has 3 aromatic rings. The monoisotopic (exact) mass is 399 g/mol. The second kappa shape index (κ2) is 7.50. The fraction of sp³-hybridized carbons (Fsp3) is 0.200. The van der Waals surface area contributed by atoms with Crippen LogP contribution < -0.4 is 5.32 Å². The van der Waals surface area contributed by atoms with Crippen molar-refractivity contribution in [3.8, 4) is 11.4 Å². The zero-order valence-corrected chi connectivity index (χ0v) is 15.1. The molecular formula is C20H16F3N5O. The molecule has 1 amide bonds. The zero-order chi connectivity index (χ0) is 20.4. The molecule has 0 spiro atoms. The molecule has 9 heteroatoms. The first-order valence-electron chi connectivity index (χ1n) is 8.95. The highest BCUT2D eigenvalue weighted by Crippen LogP contribution is 2.36. The molecule has 1 N–H and O–H groups in total. The van der Waals surface area contributed by atoms with Crippen LogP contribution in [0.25, 0.3) is 17.5 Å². The number of hydrogen-bond donors (Lipinski definition) is 1. The molecule has 1 aliphatic carbocycles. The SMILES string of the molecule is O=C(/C=C/c1cccc(C(F)(F)F)c1)Nc1cccc(-c2nnnn2C2CC2)c1. The van der Waals surface area contributed by atoms with Crippen LogP contribution in [0.4, 0.5) is 18.9 Å². The van der Waals surface area contributed by atoms with Crippen molar-refractivity contribution in [2.75, 3.05) is 5.32 Å². The van der Waals surface area contributed by atoms with E-state index in [1.54, 1.807) is 22.9 Å². The normalized spacial score (nSPS) is 14.3. The molecule has 0 saturated heterocycles. The number of anilines is 1. The van der Waals surface area contributed by atoms with Crippen molar-refractivity contribution in [2.45, 2.75) is 25.1 Å². The molecule has 1 aromatic heterocycles. The Morgan fingerprint density at radius 2 is 1.93 bits per heavy atom. The van der Waals surface area contributed by atoms with Gasteiger partial charge in [-0.25, -0.2) is 4.68 Å². The van der Waals surface area contributed by atoms with Crippen LogP contribution in [0.5, 0.6) is 0 Å². The number of carbonyl (C=O) groups excluding carboxylic acids is 1. The first-order chi connectivity index (χ1) is 13.9.